The quantitative estimate of drug-likeness (QED) is 0.737. The normalized spacial score (nSPS) is 13.0. The van der Waals surface area contributed by atoms with Crippen molar-refractivity contribution in [1.29, 1.82) is 0 Å². The highest BCUT2D eigenvalue weighted by atomic mass is 35.5. The zero-order valence-corrected chi connectivity index (χ0v) is 13.3. The molecule has 0 bridgehead atoms. The third-order valence-electron chi connectivity index (χ3n) is 3.90. The number of benzene rings is 2. The van der Waals surface area contributed by atoms with Gasteiger partial charge in [0.05, 0.1) is 6.04 Å². The summed E-state index contributed by atoms with van der Waals surface area (Å²) in [6.07, 6.45) is 0. The lowest BCUT2D eigenvalue weighted by atomic mass is 9.95. The Morgan fingerprint density at radius 3 is 2.52 bits per heavy atom. The number of aromatic nitrogens is 1. The van der Waals surface area contributed by atoms with E-state index >= 15 is 0 Å². The summed E-state index contributed by atoms with van der Waals surface area (Å²) in [7, 11) is 4.21. The Bertz CT molecular complexity index is 774. The minimum absolute atomic E-state index is 0.180. The van der Waals surface area contributed by atoms with E-state index in [1.54, 1.807) is 0 Å². The lowest BCUT2D eigenvalue weighted by molar-refractivity contribution is 0.343. The molecule has 3 rings (SSSR count). The van der Waals surface area contributed by atoms with Gasteiger partial charge in [0, 0.05) is 27.2 Å². The molecule has 2 aromatic carbocycles. The lowest BCUT2D eigenvalue weighted by Crippen LogP contribution is -2.21. The van der Waals surface area contributed by atoms with Crippen molar-refractivity contribution in [3.63, 3.8) is 0 Å². The zero-order chi connectivity index (χ0) is 15.0. The highest BCUT2D eigenvalue weighted by Crippen LogP contribution is 2.35. The van der Waals surface area contributed by atoms with E-state index < -0.39 is 0 Å². The molecule has 1 atom stereocenters. The van der Waals surface area contributed by atoms with Crippen LogP contribution in [0.5, 0.6) is 0 Å². The monoisotopic (exact) mass is 298 g/mol. The van der Waals surface area contributed by atoms with Gasteiger partial charge < -0.3 is 4.98 Å². The first kappa shape index (κ1) is 14.2. The summed E-state index contributed by atoms with van der Waals surface area (Å²) in [4.78, 5) is 5.72. The van der Waals surface area contributed by atoms with Crippen LogP contribution in [-0.2, 0) is 0 Å². The maximum Gasteiger partial charge on any atom is 0.0621 e. The minimum Gasteiger partial charge on any atom is -0.358 e. The summed E-state index contributed by atoms with van der Waals surface area (Å²) in [5.41, 5.74) is 4.91. The van der Waals surface area contributed by atoms with E-state index in [-0.39, 0.29) is 6.04 Å². The van der Waals surface area contributed by atoms with Crippen LogP contribution in [0.25, 0.3) is 10.9 Å². The third-order valence-corrected chi connectivity index (χ3v) is 4.13. The van der Waals surface area contributed by atoms with Gasteiger partial charge in [-0.25, -0.2) is 0 Å². The van der Waals surface area contributed by atoms with Gasteiger partial charge in [-0.05, 0) is 44.8 Å². The van der Waals surface area contributed by atoms with E-state index in [1.807, 2.05) is 18.2 Å². The largest absolute Gasteiger partial charge is 0.358 e. The molecule has 2 nitrogen and oxygen atoms in total. The molecule has 0 aliphatic rings. The molecule has 1 heterocycles. The Hall–Kier alpha value is -1.77. The van der Waals surface area contributed by atoms with Crippen molar-refractivity contribution in [2.45, 2.75) is 13.0 Å². The molecular formula is C18H19ClN2. The summed E-state index contributed by atoms with van der Waals surface area (Å²) >= 11 is 6.19. The molecule has 0 saturated carbocycles. The number of hydrogen-bond acceptors (Lipinski definition) is 1. The number of para-hydroxylation sites is 1. The fourth-order valence-corrected chi connectivity index (χ4v) is 3.25. The van der Waals surface area contributed by atoms with E-state index in [2.05, 4.69) is 61.2 Å². The Kier molecular flexibility index (Phi) is 3.75. The first-order chi connectivity index (χ1) is 10.1. The zero-order valence-electron chi connectivity index (χ0n) is 12.5. The highest BCUT2D eigenvalue weighted by molar-refractivity contribution is 6.30. The Labute approximate surface area is 130 Å². The average molecular weight is 299 g/mol. The number of rotatable bonds is 3. The van der Waals surface area contributed by atoms with Crippen molar-refractivity contribution in [2.24, 2.45) is 0 Å². The topological polar surface area (TPSA) is 19.0 Å². The maximum atomic E-state index is 6.19. The summed E-state index contributed by atoms with van der Waals surface area (Å²) in [6.45, 7) is 2.14. The van der Waals surface area contributed by atoms with Crippen LogP contribution < -0.4 is 0 Å². The molecule has 0 amide bonds. The molecule has 21 heavy (non-hydrogen) atoms. The smallest absolute Gasteiger partial charge is 0.0621 e. The molecule has 1 aromatic heterocycles. The predicted molar refractivity (Wildman–Crippen MR) is 90.0 cm³/mol. The Morgan fingerprint density at radius 2 is 1.81 bits per heavy atom. The molecule has 0 fully saturated rings. The molecule has 0 radical (unpaired) electrons. The Morgan fingerprint density at radius 1 is 1.05 bits per heavy atom. The van der Waals surface area contributed by atoms with E-state index in [9.17, 15) is 0 Å². The van der Waals surface area contributed by atoms with Gasteiger partial charge in [-0.3, -0.25) is 4.90 Å². The van der Waals surface area contributed by atoms with Crippen LogP contribution in [0.1, 0.15) is 22.9 Å². The molecule has 0 aliphatic carbocycles. The average Bonchev–Trinajstić information content (AvgIpc) is 2.76. The van der Waals surface area contributed by atoms with Crippen molar-refractivity contribution in [2.75, 3.05) is 14.1 Å². The molecule has 3 aromatic rings. The van der Waals surface area contributed by atoms with Gasteiger partial charge in [0.25, 0.3) is 0 Å². The van der Waals surface area contributed by atoms with Crippen molar-refractivity contribution in [1.82, 2.24) is 9.88 Å². The SMILES string of the molecule is Cc1[nH]c2ccccc2c1C(c1cccc(Cl)c1)N(C)C. The number of hydrogen-bond donors (Lipinski definition) is 1. The number of aromatic amines is 1. The molecule has 0 spiro atoms. The van der Waals surface area contributed by atoms with Crippen LogP contribution in [0.4, 0.5) is 0 Å². The molecule has 3 heteroatoms. The van der Waals surface area contributed by atoms with Crippen molar-refractivity contribution in [3.8, 4) is 0 Å². The van der Waals surface area contributed by atoms with Gasteiger partial charge in [0.2, 0.25) is 0 Å². The van der Waals surface area contributed by atoms with E-state index in [4.69, 9.17) is 11.6 Å². The van der Waals surface area contributed by atoms with Gasteiger partial charge in [0.15, 0.2) is 0 Å². The number of halogens is 1. The molecular weight excluding hydrogens is 280 g/mol. The van der Waals surface area contributed by atoms with Crippen molar-refractivity contribution < 1.29 is 0 Å². The summed E-state index contributed by atoms with van der Waals surface area (Å²) in [5, 5.41) is 2.05. The number of H-pyrrole nitrogens is 1. The lowest BCUT2D eigenvalue weighted by Gasteiger charge is -2.26. The first-order valence-electron chi connectivity index (χ1n) is 7.07. The van der Waals surface area contributed by atoms with Crippen molar-refractivity contribution in [3.05, 3.63) is 70.4 Å². The van der Waals surface area contributed by atoms with Crippen LogP contribution in [-0.4, -0.2) is 24.0 Å². The molecule has 1 N–H and O–H groups in total. The van der Waals surface area contributed by atoms with Gasteiger partial charge in [0.1, 0.15) is 0 Å². The summed E-state index contributed by atoms with van der Waals surface area (Å²) in [6, 6.07) is 16.7. The van der Waals surface area contributed by atoms with Crippen molar-refractivity contribution >= 4 is 22.5 Å². The van der Waals surface area contributed by atoms with Crippen LogP contribution in [0.15, 0.2) is 48.5 Å². The molecule has 0 saturated heterocycles. The van der Waals surface area contributed by atoms with Crippen LogP contribution in [0.2, 0.25) is 5.02 Å². The molecule has 108 valence electrons. The highest BCUT2D eigenvalue weighted by Gasteiger charge is 2.22. The maximum absolute atomic E-state index is 6.19. The van der Waals surface area contributed by atoms with Crippen LogP contribution in [0.3, 0.4) is 0 Å². The Balaban J connectivity index is 2.23. The predicted octanol–water partition coefficient (Wildman–Crippen LogP) is 4.78. The first-order valence-corrected chi connectivity index (χ1v) is 7.45. The van der Waals surface area contributed by atoms with E-state index in [0.717, 1.165) is 5.02 Å². The van der Waals surface area contributed by atoms with Gasteiger partial charge in [-0.2, -0.15) is 0 Å². The summed E-state index contributed by atoms with van der Waals surface area (Å²) < 4.78 is 0. The van der Waals surface area contributed by atoms with Gasteiger partial charge >= 0.3 is 0 Å². The van der Waals surface area contributed by atoms with Gasteiger partial charge in [-0.15, -0.1) is 0 Å². The molecule has 1 unspecified atom stereocenters. The second-order valence-corrected chi connectivity index (χ2v) is 6.07. The minimum atomic E-state index is 0.180. The second-order valence-electron chi connectivity index (χ2n) is 5.63. The van der Waals surface area contributed by atoms with E-state index in [0.29, 0.717) is 0 Å². The number of aryl methyl sites for hydroxylation is 1. The van der Waals surface area contributed by atoms with E-state index in [1.165, 1.54) is 27.7 Å². The fraction of sp³-hybridized carbons (Fsp3) is 0.222. The standard InChI is InChI=1S/C18H19ClN2/c1-12-17(15-9-4-5-10-16(15)20-12)18(21(2)3)13-7-6-8-14(19)11-13/h4-11,18,20H,1-3H3. The van der Waals surface area contributed by atoms with Crippen LogP contribution >= 0.6 is 11.6 Å². The number of nitrogens with zero attached hydrogens (tertiary/aromatic N) is 1. The number of fused-ring (bicyclic) bond motifs is 1. The molecule has 0 aliphatic heterocycles. The number of nitrogens with one attached hydrogen (secondary N) is 1. The van der Waals surface area contributed by atoms with Crippen LogP contribution in [0, 0.1) is 6.92 Å². The fourth-order valence-electron chi connectivity index (χ4n) is 3.05. The second kappa shape index (κ2) is 5.55. The van der Waals surface area contributed by atoms with Gasteiger partial charge in [-0.1, -0.05) is 41.9 Å². The summed E-state index contributed by atoms with van der Waals surface area (Å²) in [5.74, 6) is 0. The third kappa shape index (κ3) is 2.57.